The van der Waals surface area contributed by atoms with Gasteiger partial charge in [0.2, 0.25) is 5.91 Å². The number of rotatable bonds is 5. The zero-order valence-corrected chi connectivity index (χ0v) is 14.4. The molecule has 0 aromatic heterocycles. The standard InChI is InChI=1S/C18H24N2O4/c1-12(2)18(22)20-9-7-14(8-10-20)19-17(21)13-5-6-15(23-3)16(11-13)24-4/h5-6,11,14H,1,7-10H2,2-4H3,(H,19,21). The fraction of sp³-hybridized carbons (Fsp3) is 0.444. The van der Waals surface area contributed by atoms with Crippen molar-refractivity contribution in [2.45, 2.75) is 25.8 Å². The van der Waals surface area contributed by atoms with E-state index in [9.17, 15) is 9.59 Å². The maximum Gasteiger partial charge on any atom is 0.251 e. The molecule has 0 spiro atoms. The summed E-state index contributed by atoms with van der Waals surface area (Å²) >= 11 is 0. The molecule has 1 fully saturated rings. The lowest BCUT2D eigenvalue weighted by molar-refractivity contribution is -0.128. The van der Waals surface area contributed by atoms with E-state index in [2.05, 4.69) is 11.9 Å². The lowest BCUT2D eigenvalue weighted by Crippen LogP contribution is -2.46. The number of amides is 2. The fourth-order valence-corrected chi connectivity index (χ4v) is 2.74. The molecule has 0 saturated carbocycles. The van der Waals surface area contributed by atoms with Gasteiger partial charge < -0.3 is 19.7 Å². The van der Waals surface area contributed by atoms with E-state index in [0.29, 0.717) is 35.7 Å². The first-order chi connectivity index (χ1) is 11.5. The van der Waals surface area contributed by atoms with Gasteiger partial charge in [0.25, 0.3) is 5.91 Å². The summed E-state index contributed by atoms with van der Waals surface area (Å²) in [5.74, 6) is 0.938. The zero-order chi connectivity index (χ0) is 17.7. The SMILES string of the molecule is C=C(C)C(=O)N1CCC(NC(=O)c2ccc(OC)c(OC)c2)CC1. The Morgan fingerprint density at radius 2 is 1.79 bits per heavy atom. The van der Waals surface area contributed by atoms with E-state index in [-0.39, 0.29) is 17.9 Å². The van der Waals surface area contributed by atoms with Gasteiger partial charge in [-0.2, -0.15) is 0 Å². The van der Waals surface area contributed by atoms with Gasteiger partial charge >= 0.3 is 0 Å². The van der Waals surface area contributed by atoms with Gasteiger partial charge in [0.05, 0.1) is 14.2 Å². The lowest BCUT2D eigenvalue weighted by Gasteiger charge is -2.32. The monoisotopic (exact) mass is 332 g/mol. The van der Waals surface area contributed by atoms with Crippen LogP contribution in [-0.4, -0.2) is 50.1 Å². The predicted octanol–water partition coefficient (Wildman–Crippen LogP) is 2.00. The van der Waals surface area contributed by atoms with Crippen LogP contribution in [0, 0.1) is 0 Å². The molecule has 1 saturated heterocycles. The van der Waals surface area contributed by atoms with Crippen molar-refractivity contribution in [3.8, 4) is 11.5 Å². The number of carbonyl (C=O) groups is 2. The summed E-state index contributed by atoms with van der Waals surface area (Å²) in [6, 6.07) is 5.13. The Balaban J connectivity index is 1.94. The zero-order valence-electron chi connectivity index (χ0n) is 14.4. The van der Waals surface area contributed by atoms with Crippen LogP contribution in [-0.2, 0) is 4.79 Å². The van der Waals surface area contributed by atoms with Crippen LogP contribution in [0.15, 0.2) is 30.4 Å². The molecule has 0 unspecified atom stereocenters. The first-order valence-corrected chi connectivity index (χ1v) is 7.94. The molecule has 0 radical (unpaired) electrons. The van der Waals surface area contributed by atoms with Crippen LogP contribution in [0.2, 0.25) is 0 Å². The van der Waals surface area contributed by atoms with Crippen molar-refractivity contribution in [3.63, 3.8) is 0 Å². The Hall–Kier alpha value is -2.50. The van der Waals surface area contributed by atoms with Crippen LogP contribution in [0.4, 0.5) is 0 Å². The molecule has 0 aliphatic carbocycles. The van der Waals surface area contributed by atoms with Gasteiger partial charge in [0.1, 0.15) is 0 Å². The van der Waals surface area contributed by atoms with Gasteiger partial charge in [0.15, 0.2) is 11.5 Å². The molecule has 1 aromatic rings. The molecule has 1 N–H and O–H groups in total. The van der Waals surface area contributed by atoms with Gasteiger partial charge in [-0.3, -0.25) is 9.59 Å². The Labute approximate surface area is 142 Å². The molecule has 0 atom stereocenters. The van der Waals surface area contributed by atoms with Crippen LogP contribution in [0.25, 0.3) is 0 Å². The minimum absolute atomic E-state index is 0.0142. The van der Waals surface area contributed by atoms with Crippen LogP contribution >= 0.6 is 0 Å². The first kappa shape index (κ1) is 17.8. The van der Waals surface area contributed by atoms with Gasteiger partial charge in [-0.1, -0.05) is 6.58 Å². The normalized spacial score (nSPS) is 14.9. The van der Waals surface area contributed by atoms with E-state index in [1.54, 1.807) is 37.1 Å². The first-order valence-electron chi connectivity index (χ1n) is 7.94. The Kier molecular flexibility index (Phi) is 5.84. The second-order valence-electron chi connectivity index (χ2n) is 5.89. The van der Waals surface area contributed by atoms with E-state index < -0.39 is 0 Å². The molecule has 0 bridgehead atoms. The molecular formula is C18H24N2O4. The third-order valence-electron chi connectivity index (χ3n) is 4.13. The van der Waals surface area contributed by atoms with Crippen molar-refractivity contribution >= 4 is 11.8 Å². The van der Waals surface area contributed by atoms with Gasteiger partial charge in [-0.15, -0.1) is 0 Å². The van der Waals surface area contributed by atoms with E-state index in [0.717, 1.165) is 12.8 Å². The van der Waals surface area contributed by atoms with Gasteiger partial charge in [0, 0.05) is 30.3 Å². The number of carbonyl (C=O) groups excluding carboxylic acids is 2. The highest BCUT2D eigenvalue weighted by atomic mass is 16.5. The average Bonchev–Trinajstić information content (AvgIpc) is 2.60. The molecule has 130 valence electrons. The third kappa shape index (κ3) is 4.07. The largest absolute Gasteiger partial charge is 0.493 e. The number of ether oxygens (including phenoxy) is 2. The van der Waals surface area contributed by atoms with Crippen molar-refractivity contribution < 1.29 is 19.1 Å². The smallest absolute Gasteiger partial charge is 0.251 e. The van der Waals surface area contributed by atoms with Crippen LogP contribution in [0.1, 0.15) is 30.1 Å². The summed E-state index contributed by atoms with van der Waals surface area (Å²) in [4.78, 5) is 26.1. The molecule has 2 amide bonds. The quantitative estimate of drug-likeness (QED) is 0.838. The van der Waals surface area contributed by atoms with Crippen molar-refractivity contribution in [1.29, 1.82) is 0 Å². The number of methoxy groups -OCH3 is 2. The highest BCUT2D eigenvalue weighted by Crippen LogP contribution is 2.27. The molecule has 2 rings (SSSR count). The number of piperidine rings is 1. The topological polar surface area (TPSA) is 67.9 Å². The van der Waals surface area contributed by atoms with E-state index >= 15 is 0 Å². The van der Waals surface area contributed by atoms with Gasteiger partial charge in [-0.25, -0.2) is 0 Å². The summed E-state index contributed by atoms with van der Waals surface area (Å²) < 4.78 is 10.4. The minimum atomic E-state index is -0.152. The number of hydrogen-bond acceptors (Lipinski definition) is 4. The number of benzene rings is 1. The maximum atomic E-state index is 12.4. The van der Waals surface area contributed by atoms with E-state index in [1.165, 1.54) is 7.11 Å². The highest BCUT2D eigenvalue weighted by molar-refractivity contribution is 5.95. The molecule has 6 nitrogen and oxygen atoms in total. The van der Waals surface area contributed by atoms with Crippen LogP contribution in [0.5, 0.6) is 11.5 Å². The van der Waals surface area contributed by atoms with E-state index in [4.69, 9.17) is 9.47 Å². The maximum absolute atomic E-state index is 12.4. The molecule has 24 heavy (non-hydrogen) atoms. The lowest BCUT2D eigenvalue weighted by atomic mass is 10.0. The molecular weight excluding hydrogens is 308 g/mol. The fourth-order valence-electron chi connectivity index (χ4n) is 2.74. The van der Waals surface area contributed by atoms with Crippen molar-refractivity contribution in [2.75, 3.05) is 27.3 Å². The summed E-state index contributed by atoms with van der Waals surface area (Å²) in [6.45, 7) is 6.66. The number of nitrogens with zero attached hydrogens (tertiary/aromatic N) is 1. The summed E-state index contributed by atoms with van der Waals surface area (Å²) in [5.41, 5.74) is 1.07. The number of likely N-dealkylation sites (tertiary alicyclic amines) is 1. The molecule has 1 aromatic carbocycles. The van der Waals surface area contributed by atoms with Crippen molar-refractivity contribution in [1.82, 2.24) is 10.2 Å². The predicted molar refractivity (Wildman–Crippen MR) is 91.4 cm³/mol. The van der Waals surface area contributed by atoms with Crippen molar-refractivity contribution in [3.05, 3.63) is 35.9 Å². The Morgan fingerprint density at radius 1 is 1.17 bits per heavy atom. The highest BCUT2D eigenvalue weighted by Gasteiger charge is 2.24. The summed E-state index contributed by atoms with van der Waals surface area (Å²) in [6.07, 6.45) is 1.47. The molecule has 1 aliphatic heterocycles. The molecule has 1 aliphatic rings. The van der Waals surface area contributed by atoms with Crippen LogP contribution < -0.4 is 14.8 Å². The van der Waals surface area contributed by atoms with E-state index in [1.807, 2.05) is 0 Å². The molecule has 6 heteroatoms. The minimum Gasteiger partial charge on any atom is -0.493 e. The third-order valence-corrected chi connectivity index (χ3v) is 4.13. The van der Waals surface area contributed by atoms with Crippen molar-refractivity contribution in [2.24, 2.45) is 0 Å². The van der Waals surface area contributed by atoms with Gasteiger partial charge in [-0.05, 0) is 38.0 Å². The summed E-state index contributed by atoms with van der Waals surface area (Å²) in [5, 5.41) is 3.02. The Morgan fingerprint density at radius 3 is 2.33 bits per heavy atom. The number of hydrogen-bond donors (Lipinski definition) is 1. The number of nitrogens with one attached hydrogen (secondary N) is 1. The molecule has 1 heterocycles. The van der Waals surface area contributed by atoms with Crippen LogP contribution in [0.3, 0.4) is 0 Å². The summed E-state index contributed by atoms with van der Waals surface area (Å²) in [7, 11) is 3.09. The average molecular weight is 332 g/mol. The second kappa shape index (κ2) is 7.86. The Bertz CT molecular complexity index is 634. The second-order valence-corrected chi connectivity index (χ2v) is 5.89.